The predicted molar refractivity (Wildman–Crippen MR) is 131 cm³/mol. The number of aromatic amines is 2. The van der Waals surface area contributed by atoms with Crippen LogP contribution >= 0.6 is 0 Å². The first-order chi connectivity index (χ1) is 15.4. The summed E-state index contributed by atoms with van der Waals surface area (Å²) >= 11 is 0. The minimum atomic E-state index is 0.0525. The number of H-pyrrole nitrogens is 2. The average Bonchev–Trinajstić information content (AvgIpc) is 3.35. The smallest absolute Gasteiger partial charge is 0.162 e. The Balaban J connectivity index is 1.62. The van der Waals surface area contributed by atoms with Gasteiger partial charge in [0.1, 0.15) is 0 Å². The number of benzene rings is 2. The highest BCUT2D eigenvalue weighted by atomic mass is 16.1. The van der Waals surface area contributed by atoms with Crippen LogP contribution in [0.2, 0.25) is 0 Å². The standard InChI is InChI=1S/C26H29N5O/c1-16-7-5-6-8-20(16)24-23(18(3)32)17(2)27-25(24)26-28-21-10-9-19(15-22(21)29-26)31-13-11-30(4)12-14-31/h5-10,15,27H,11-14H2,1-4H3,(H,28,29). The van der Waals surface area contributed by atoms with Gasteiger partial charge in [-0.25, -0.2) is 4.98 Å². The van der Waals surface area contributed by atoms with E-state index in [0.717, 1.165) is 76.7 Å². The Bertz CT molecular complexity index is 1310. The van der Waals surface area contributed by atoms with Gasteiger partial charge >= 0.3 is 0 Å². The monoisotopic (exact) mass is 427 g/mol. The molecular weight excluding hydrogens is 398 g/mol. The number of aryl methyl sites for hydroxylation is 2. The summed E-state index contributed by atoms with van der Waals surface area (Å²) in [7, 11) is 2.17. The van der Waals surface area contributed by atoms with E-state index >= 15 is 0 Å². The zero-order valence-corrected chi connectivity index (χ0v) is 19.1. The van der Waals surface area contributed by atoms with Crippen molar-refractivity contribution < 1.29 is 4.79 Å². The number of piperazine rings is 1. The number of carbonyl (C=O) groups excluding carboxylic acids is 1. The molecule has 2 aromatic carbocycles. The van der Waals surface area contributed by atoms with Crippen molar-refractivity contribution in [2.24, 2.45) is 0 Å². The minimum absolute atomic E-state index is 0.0525. The summed E-state index contributed by atoms with van der Waals surface area (Å²) in [6.07, 6.45) is 0. The summed E-state index contributed by atoms with van der Waals surface area (Å²) in [6, 6.07) is 14.6. The van der Waals surface area contributed by atoms with Crippen molar-refractivity contribution >= 4 is 22.5 Å². The largest absolute Gasteiger partial charge is 0.369 e. The van der Waals surface area contributed by atoms with Crippen molar-refractivity contribution in [1.29, 1.82) is 0 Å². The second-order valence-corrected chi connectivity index (χ2v) is 8.82. The van der Waals surface area contributed by atoms with Gasteiger partial charge in [-0.3, -0.25) is 4.79 Å². The molecule has 0 bridgehead atoms. The molecule has 0 aliphatic carbocycles. The van der Waals surface area contributed by atoms with Gasteiger partial charge in [0.05, 0.1) is 16.7 Å². The summed E-state index contributed by atoms with van der Waals surface area (Å²) in [5.74, 6) is 0.807. The molecule has 0 atom stereocenters. The number of nitrogens with one attached hydrogen (secondary N) is 2. The highest BCUT2D eigenvalue weighted by molar-refractivity contribution is 6.06. The van der Waals surface area contributed by atoms with Crippen LogP contribution < -0.4 is 4.90 Å². The van der Waals surface area contributed by atoms with Gasteiger partial charge < -0.3 is 19.8 Å². The first-order valence-corrected chi connectivity index (χ1v) is 11.2. The number of imidazole rings is 1. The molecule has 1 aliphatic rings. The van der Waals surface area contributed by atoms with E-state index in [2.05, 4.69) is 64.1 Å². The lowest BCUT2D eigenvalue weighted by molar-refractivity contribution is 0.101. The molecule has 6 nitrogen and oxygen atoms in total. The third-order valence-electron chi connectivity index (χ3n) is 6.52. The molecular formula is C26H29N5O. The SMILES string of the molecule is CC(=O)c1c(C)[nH]c(-c2nc3ccc(N4CCN(C)CC4)cc3[nH]2)c1-c1ccccc1C. The number of hydrogen-bond donors (Lipinski definition) is 2. The second kappa shape index (κ2) is 7.95. The Kier molecular flexibility index (Phi) is 5.10. The molecule has 0 amide bonds. The number of Topliss-reactive ketones (excluding diaryl/α,β-unsaturated/α-hetero) is 1. The second-order valence-electron chi connectivity index (χ2n) is 8.82. The van der Waals surface area contributed by atoms with Crippen molar-refractivity contribution in [2.75, 3.05) is 38.1 Å². The first kappa shape index (κ1) is 20.5. The molecule has 6 heteroatoms. The molecule has 32 heavy (non-hydrogen) atoms. The molecule has 2 N–H and O–H groups in total. The van der Waals surface area contributed by atoms with Crippen LogP contribution in [0.3, 0.4) is 0 Å². The molecule has 1 aliphatic heterocycles. The quantitative estimate of drug-likeness (QED) is 0.459. The van der Waals surface area contributed by atoms with Gasteiger partial charge in [0.15, 0.2) is 11.6 Å². The number of ketones is 1. The molecule has 3 heterocycles. The summed E-state index contributed by atoms with van der Waals surface area (Å²) in [5, 5.41) is 0. The van der Waals surface area contributed by atoms with Gasteiger partial charge in [-0.15, -0.1) is 0 Å². The average molecular weight is 428 g/mol. The zero-order chi connectivity index (χ0) is 22.4. The van der Waals surface area contributed by atoms with Crippen molar-refractivity contribution in [3.63, 3.8) is 0 Å². The lowest BCUT2D eigenvalue weighted by Crippen LogP contribution is -2.44. The fourth-order valence-corrected chi connectivity index (χ4v) is 4.74. The maximum absolute atomic E-state index is 12.6. The fourth-order valence-electron chi connectivity index (χ4n) is 4.74. The van der Waals surface area contributed by atoms with Crippen LogP contribution in [0.25, 0.3) is 33.7 Å². The van der Waals surface area contributed by atoms with Crippen molar-refractivity contribution in [1.82, 2.24) is 19.9 Å². The number of likely N-dealkylation sites (N-methyl/N-ethyl adjacent to an activating group) is 1. The summed E-state index contributed by atoms with van der Waals surface area (Å²) < 4.78 is 0. The van der Waals surface area contributed by atoms with Crippen LogP contribution in [0.1, 0.15) is 28.5 Å². The molecule has 1 saturated heterocycles. The number of hydrogen-bond acceptors (Lipinski definition) is 4. The molecule has 0 radical (unpaired) electrons. The molecule has 2 aromatic heterocycles. The lowest BCUT2D eigenvalue weighted by Gasteiger charge is -2.34. The molecule has 5 rings (SSSR count). The highest BCUT2D eigenvalue weighted by Crippen LogP contribution is 2.38. The van der Waals surface area contributed by atoms with E-state index in [9.17, 15) is 4.79 Å². The Labute approximate surface area is 188 Å². The summed E-state index contributed by atoms with van der Waals surface area (Å²) in [4.78, 5) is 29.2. The molecule has 0 unspecified atom stereocenters. The minimum Gasteiger partial charge on any atom is -0.369 e. The lowest BCUT2D eigenvalue weighted by atomic mass is 9.94. The number of aromatic nitrogens is 3. The third kappa shape index (κ3) is 3.50. The first-order valence-electron chi connectivity index (χ1n) is 11.2. The number of anilines is 1. The van der Waals surface area contributed by atoms with Crippen molar-refractivity contribution in [2.45, 2.75) is 20.8 Å². The predicted octanol–water partition coefficient (Wildman–Crippen LogP) is 4.80. The fraction of sp³-hybridized carbons (Fsp3) is 0.308. The number of carbonyl (C=O) groups is 1. The van der Waals surface area contributed by atoms with E-state index in [0.29, 0.717) is 0 Å². The van der Waals surface area contributed by atoms with Crippen LogP contribution in [0, 0.1) is 13.8 Å². The van der Waals surface area contributed by atoms with Crippen LogP contribution in [-0.4, -0.2) is 58.9 Å². The Morgan fingerprint density at radius 2 is 1.75 bits per heavy atom. The van der Waals surface area contributed by atoms with E-state index in [1.54, 1.807) is 6.92 Å². The van der Waals surface area contributed by atoms with Gasteiger partial charge in [0, 0.05) is 48.7 Å². The van der Waals surface area contributed by atoms with Crippen molar-refractivity contribution in [3.8, 4) is 22.6 Å². The van der Waals surface area contributed by atoms with Gasteiger partial charge in [-0.2, -0.15) is 0 Å². The van der Waals surface area contributed by atoms with Crippen LogP contribution in [0.15, 0.2) is 42.5 Å². The van der Waals surface area contributed by atoms with Crippen LogP contribution in [0.4, 0.5) is 5.69 Å². The van der Waals surface area contributed by atoms with E-state index in [1.807, 2.05) is 19.1 Å². The van der Waals surface area contributed by atoms with Crippen LogP contribution in [-0.2, 0) is 0 Å². The Hall–Kier alpha value is -3.38. The molecule has 0 saturated carbocycles. The topological polar surface area (TPSA) is 68.0 Å². The maximum atomic E-state index is 12.6. The van der Waals surface area contributed by atoms with Crippen molar-refractivity contribution in [3.05, 3.63) is 59.3 Å². The molecule has 164 valence electrons. The molecule has 4 aromatic rings. The molecule has 1 fully saturated rings. The van der Waals surface area contributed by atoms with Gasteiger partial charge in [0.25, 0.3) is 0 Å². The Morgan fingerprint density at radius 1 is 1.00 bits per heavy atom. The van der Waals surface area contributed by atoms with E-state index in [1.165, 1.54) is 5.69 Å². The zero-order valence-electron chi connectivity index (χ0n) is 19.1. The van der Waals surface area contributed by atoms with Crippen LogP contribution in [0.5, 0.6) is 0 Å². The Morgan fingerprint density at radius 3 is 2.47 bits per heavy atom. The van der Waals surface area contributed by atoms with E-state index < -0.39 is 0 Å². The number of nitrogens with zero attached hydrogens (tertiary/aromatic N) is 3. The molecule has 0 spiro atoms. The highest BCUT2D eigenvalue weighted by Gasteiger charge is 2.24. The number of rotatable bonds is 4. The van der Waals surface area contributed by atoms with Gasteiger partial charge in [-0.05, 0) is 57.1 Å². The van der Waals surface area contributed by atoms with E-state index in [-0.39, 0.29) is 5.78 Å². The normalized spacial score (nSPS) is 14.9. The summed E-state index contributed by atoms with van der Waals surface area (Å²) in [6.45, 7) is 9.85. The van der Waals surface area contributed by atoms with Gasteiger partial charge in [-0.1, -0.05) is 24.3 Å². The van der Waals surface area contributed by atoms with Gasteiger partial charge in [0.2, 0.25) is 0 Å². The summed E-state index contributed by atoms with van der Waals surface area (Å²) in [5.41, 5.74) is 8.70. The van der Waals surface area contributed by atoms with E-state index in [4.69, 9.17) is 4.98 Å². The third-order valence-corrected chi connectivity index (χ3v) is 6.52. The maximum Gasteiger partial charge on any atom is 0.162 e. The number of fused-ring (bicyclic) bond motifs is 1.